The summed E-state index contributed by atoms with van der Waals surface area (Å²) in [6, 6.07) is 13.4. The first-order chi connectivity index (χ1) is 8.20. The molecule has 2 aromatic carbocycles. The van der Waals surface area contributed by atoms with E-state index in [1.165, 1.54) is 0 Å². The van der Waals surface area contributed by atoms with Crippen LogP contribution in [-0.2, 0) is 0 Å². The normalized spacial score (nSPS) is 12.1. The highest BCUT2D eigenvalue weighted by Gasteiger charge is 2.26. The molecule has 0 unspecified atom stereocenters. The summed E-state index contributed by atoms with van der Waals surface area (Å²) in [7, 11) is 0. The number of hydrogen-bond acceptors (Lipinski definition) is 2. The molecule has 0 bridgehead atoms. The molecule has 0 fully saturated rings. The van der Waals surface area contributed by atoms with Crippen LogP contribution in [0.4, 0.5) is 0 Å². The van der Waals surface area contributed by atoms with Crippen LogP contribution in [0.3, 0.4) is 0 Å². The Balaban J connectivity index is 2.38. The van der Waals surface area contributed by atoms with Gasteiger partial charge in [0.05, 0.1) is 4.86 Å². The Morgan fingerprint density at radius 2 is 1.59 bits per heavy atom. The van der Waals surface area contributed by atoms with Crippen molar-refractivity contribution in [3.63, 3.8) is 0 Å². The van der Waals surface area contributed by atoms with Crippen LogP contribution < -0.4 is 5.73 Å². The van der Waals surface area contributed by atoms with Crippen molar-refractivity contribution in [2.24, 2.45) is 5.73 Å². The lowest BCUT2D eigenvalue weighted by molar-refractivity contribution is 0.100. The predicted octanol–water partition coefficient (Wildman–Crippen LogP) is 2.53. The second-order valence-corrected chi connectivity index (χ2v) is 4.38. The van der Waals surface area contributed by atoms with Crippen molar-refractivity contribution < 1.29 is 4.79 Å². The molecule has 2 aromatic rings. The molecule has 0 spiro atoms. The first-order valence-corrected chi connectivity index (χ1v) is 5.68. The van der Waals surface area contributed by atoms with Gasteiger partial charge in [0.25, 0.3) is 0 Å². The predicted molar refractivity (Wildman–Crippen MR) is 71.2 cm³/mol. The third kappa shape index (κ3) is 1.33. The Morgan fingerprint density at radius 1 is 0.941 bits per heavy atom. The van der Waals surface area contributed by atoms with Crippen molar-refractivity contribution in [3.8, 4) is 11.1 Å². The van der Waals surface area contributed by atoms with Gasteiger partial charge >= 0.3 is 0 Å². The average Bonchev–Trinajstić information content (AvgIpc) is 2.64. The van der Waals surface area contributed by atoms with Crippen LogP contribution in [-0.4, -0.2) is 10.8 Å². The van der Waals surface area contributed by atoms with E-state index < -0.39 is 5.91 Å². The van der Waals surface area contributed by atoms with Gasteiger partial charge < -0.3 is 5.73 Å². The highest BCUT2D eigenvalue weighted by atomic mass is 32.1. The highest BCUT2D eigenvalue weighted by molar-refractivity contribution is 7.81. The summed E-state index contributed by atoms with van der Waals surface area (Å²) in [5.74, 6) is -0.433. The number of carbonyl (C=O) groups is 1. The molecule has 0 aliphatic heterocycles. The van der Waals surface area contributed by atoms with Gasteiger partial charge in [-0.3, -0.25) is 4.79 Å². The molecule has 0 saturated carbocycles. The molecule has 0 aromatic heterocycles. The lowest BCUT2D eigenvalue weighted by Crippen LogP contribution is -2.15. The van der Waals surface area contributed by atoms with Crippen LogP contribution >= 0.6 is 12.2 Å². The van der Waals surface area contributed by atoms with Crippen LogP contribution in [0.2, 0.25) is 0 Å². The monoisotopic (exact) mass is 239 g/mol. The largest absolute Gasteiger partial charge is 0.366 e. The topological polar surface area (TPSA) is 43.1 Å². The van der Waals surface area contributed by atoms with Gasteiger partial charge in [-0.2, -0.15) is 0 Å². The van der Waals surface area contributed by atoms with Gasteiger partial charge in [0.1, 0.15) is 0 Å². The minimum atomic E-state index is -0.433. The molecule has 17 heavy (non-hydrogen) atoms. The second-order valence-electron chi connectivity index (χ2n) is 3.97. The molecule has 1 amide bonds. The Bertz CT molecular complexity index is 661. The number of primary amides is 1. The Labute approximate surface area is 104 Å². The minimum Gasteiger partial charge on any atom is -0.366 e. The standard InChI is InChI=1S/C14H9NOS/c15-14(16)11-7-3-6-9-8-4-1-2-5-10(8)13(17)12(9)11/h1-7H,(H2,15,16). The highest BCUT2D eigenvalue weighted by Crippen LogP contribution is 2.38. The number of rotatable bonds is 1. The molecule has 1 aliphatic rings. The number of carbonyl (C=O) groups excluding carboxylic acids is 1. The summed E-state index contributed by atoms with van der Waals surface area (Å²) in [4.78, 5) is 12.1. The van der Waals surface area contributed by atoms with Crippen molar-refractivity contribution in [1.29, 1.82) is 0 Å². The van der Waals surface area contributed by atoms with Crippen molar-refractivity contribution in [2.45, 2.75) is 0 Å². The zero-order chi connectivity index (χ0) is 12.0. The molecule has 0 radical (unpaired) electrons. The van der Waals surface area contributed by atoms with Crippen LogP contribution in [0, 0.1) is 0 Å². The van der Waals surface area contributed by atoms with E-state index in [0.717, 1.165) is 22.3 Å². The van der Waals surface area contributed by atoms with Crippen molar-refractivity contribution in [3.05, 3.63) is 59.2 Å². The maximum Gasteiger partial charge on any atom is 0.249 e. The minimum absolute atomic E-state index is 0.433. The van der Waals surface area contributed by atoms with Gasteiger partial charge in [-0.05, 0) is 17.2 Å². The third-order valence-corrected chi connectivity index (χ3v) is 3.44. The first kappa shape index (κ1) is 10.2. The maximum absolute atomic E-state index is 11.4. The Hall–Kier alpha value is -2.00. The Kier molecular flexibility index (Phi) is 2.09. The van der Waals surface area contributed by atoms with Gasteiger partial charge in [0.2, 0.25) is 5.91 Å². The summed E-state index contributed by atoms with van der Waals surface area (Å²) in [6.45, 7) is 0. The van der Waals surface area contributed by atoms with Crippen LogP contribution in [0.15, 0.2) is 42.5 Å². The van der Waals surface area contributed by atoms with E-state index in [1.54, 1.807) is 6.07 Å². The zero-order valence-corrected chi connectivity index (χ0v) is 9.75. The SMILES string of the molecule is NC(=O)c1cccc2c1C(=S)c1ccccc1-2. The number of amides is 1. The van der Waals surface area contributed by atoms with E-state index in [1.807, 2.05) is 36.4 Å². The molecule has 0 atom stereocenters. The van der Waals surface area contributed by atoms with Gasteiger partial charge in [0.15, 0.2) is 0 Å². The number of benzene rings is 2. The lowest BCUT2D eigenvalue weighted by Gasteiger charge is -2.04. The van der Waals surface area contributed by atoms with Crippen molar-refractivity contribution >= 4 is 23.0 Å². The summed E-state index contributed by atoms with van der Waals surface area (Å²) in [5.41, 5.74) is 9.78. The molecule has 3 rings (SSSR count). The first-order valence-electron chi connectivity index (χ1n) is 5.27. The fourth-order valence-corrected chi connectivity index (χ4v) is 2.68. The van der Waals surface area contributed by atoms with Gasteiger partial charge in [-0.25, -0.2) is 0 Å². The number of fused-ring (bicyclic) bond motifs is 3. The molecule has 0 saturated heterocycles. The summed E-state index contributed by atoms with van der Waals surface area (Å²) in [5, 5.41) is 0. The number of thiocarbonyl (C=S) groups is 1. The molecule has 0 heterocycles. The maximum atomic E-state index is 11.4. The van der Waals surface area contributed by atoms with E-state index in [0.29, 0.717) is 10.4 Å². The van der Waals surface area contributed by atoms with Gasteiger partial charge in [-0.15, -0.1) is 0 Å². The van der Waals surface area contributed by atoms with Crippen molar-refractivity contribution in [1.82, 2.24) is 0 Å². The fraction of sp³-hybridized carbons (Fsp3) is 0. The molecule has 2 N–H and O–H groups in total. The summed E-state index contributed by atoms with van der Waals surface area (Å²) < 4.78 is 0. The smallest absolute Gasteiger partial charge is 0.249 e. The number of nitrogens with two attached hydrogens (primary N) is 1. The summed E-state index contributed by atoms with van der Waals surface area (Å²) >= 11 is 5.43. The number of hydrogen-bond donors (Lipinski definition) is 1. The van der Waals surface area contributed by atoms with Gasteiger partial charge in [0, 0.05) is 16.7 Å². The third-order valence-electron chi connectivity index (χ3n) is 3.02. The van der Waals surface area contributed by atoms with Gasteiger partial charge in [-0.1, -0.05) is 48.6 Å². The lowest BCUT2D eigenvalue weighted by atomic mass is 10.0. The van der Waals surface area contributed by atoms with Crippen LogP contribution in [0.5, 0.6) is 0 Å². The van der Waals surface area contributed by atoms with E-state index in [4.69, 9.17) is 18.0 Å². The average molecular weight is 239 g/mol. The van der Waals surface area contributed by atoms with E-state index in [-0.39, 0.29) is 0 Å². The van der Waals surface area contributed by atoms with E-state index in [9.17, 15) is 4.79 Å². The Morgan fingerprint density at radius 3 is 2.29 bits per heavy atom. The molecule has 1 aliphatic carbocycles. The van der Waals surface area contributed by atoms with Crippen molar-refractivity contribution in [2.75, 3.05) is 0 Å². The second kappa shape index (κ2) is 3.50. The fourth-order valence-electron chi connectivity index (χ4n) is 2.28. The quantitative estimate of drug-likeness (QED) is 0.663. The zero-order valence-electron chi connectivity index (χ0n) is 8.94. The summed E-state index contributed by atoms with van der Waals surface area (Å²) in [6.07, 6.45) is 0. The van der Waals surface area contributed by atoms with E-state index >= 15 is 0 Å². The van der Waals surface area contributed by atoms with Crippen LogP contribution in [0.25, 0.3) is 11.1 Å². The molecule has 3 heteroatoms. The van der Waals surface area contributed by atoms with Crippen LogP contribution in [0.1, 0.15) is 21.5 Å². The molecule has 82 valence electrons. The molecule has 2 nitrogen and oxygen atoms in total. The molecular formula is C14H9NOS. The van der Waals surface area contributed by atoms with E-state index in [2.05, 4.69) is 0 Å². The molecular weight excluding hydrogens is 230 g/mol.